The van der Waals surface area contributed by atoms with Crippen molar-refractivity contribution in [2.75, 3.05) is 5.32 Å². The van der Waals surface area contributed by atoms with Crippen molar-refractivity contribution in [1.29, 1.82) is 5.26 Å². The van der Waals surface area contributed by atoms with E-state index in [2.05, 4.69) is 32.2 Å². The Morgan fingerprint density at radius 3 is 2.40 bits per heavy atom. The summed E-state index contributed by atoms with van der Waals surface area (Å²) in [5.74, 6) is 0.807. The second-order valence-electron chi connectivity index (χ2n) is 6.87. The molecule has 0 saturated heterocycles. The molecule has 1 aromatic carbocycles. The summed E-state index contributed by atoms with van der Waals surface area (Å²) in [6, 6.07) is 8.03. The minimum absolute atomic E-state index is 0.406. The van der Waals surface area contributed by atoms with Crippen molar-refractivity contribution in [2.45, 2.75) is 52.5 Å². The summed E-state index contributed by atoms with van der Waals surface area (Å²) in [6.45, 7) is 7.00. The zero-order valence-electron chi connectivity index (χ0n) is 12.5. The van der Waals surface area contributed by atoms with Crippen LogP contribution in [-0.4, -0.2) is 6.04 Å². The fourth-order valence-corrected chi connectivity index (χ4v) is 3.20. The summed E-state index contributed by atoms with van der Waals surface area (Å²) in [4.78, 5) is 0. The lowest BCUT2D eigenvalue weighted by Gasteiger charge is -2.37. The first-order valence-corrected chi connectivity index (χ1v) is 7.74. The van der Waals surface area contributed by atoms with Crippen molar-refractivity contribution in [2.24, 2.45) is 11.3 Å². The highest BCUT2D eigenvalue weighted by Gasteiger charge is 2.29. The predicted molar refractivity (Wildman–Crippen MR) is 85.0 cm³/mol. The van der Waals surface area contributed by atoms with Crippen LogP contribution in [0.15, 0.2) is 18.2 Å². The van der Waals surface area contributed by atoms with Gasteiger partial charge in [-0.05, 0) is 55.2 Å². The van der Waals surface area contributed by atoms with Crippen LogP contribution in [0, 0.1) is 22.7 Å². The smallest absolute Gasteiger partial charge is 0.0992 e. The predicted octanol–water partition coefficient (Wildman–Crippen LogP) is 5.23. The van der Waals surface area contributed by atoms with Gasteiger partial charge >= 0.3 is 0 Å². The molecule has 1 aromatic rings. The third-order valence-corrected chi connectivity index (χ3v) is 4.74. The van der Waals surface area contributed by atoms with E-state index in [1.165, 1.54) is 25.7 Å². The number of hydrogen-bond acceptors (Lipinski definition) is 2. The molecule has 0 aromatic heterocycles. The van der Waals surface area contributed by atoms with Crippen LogP contribution in [0.1, 0.15) is 52.0 Å². The lowest BCUT2D eigenvalue weighted by molar-refractivity contribution is 0.173. The Bertz CT molecular complexity index is 503. The van der Waals surface area contributed by atoms with Crippen LogP contribution in [0.3, 0.4) is 0 Å². The topological polar surface area (TPSA) is 35.8 Å². The van der Waals surface area contributed by atoms with Crippen molar-refractivity contribution >= 4 is 17.3 Å². The van der Waals surface area contributed by atoms with E-state index in [0.29, 0.717) is 22.0 Å². The first-order valence-electron chi connectivity index (χ1n) is 7.36. The minimum Gasteiger partial charge on any atom is -0.381 e. The molecule has 0 atom stereocenters. The molecule has 0 aliphatic heterocycles. The minimum atomic E-state index is 0.406. The lowest BCUT2D eigenvalue weighted by atomic mass is 9.71. The summed E-state index contributed by atoms with van der Waals surface area (Å²) >= 11 is 6.20. The van der Waals surface area contributed by atoms with Crippen LogP contribution in [-0.2, 0) is 0 Å². The molecule has 20 heavy (non-hydrogen) atoms. The largest absolute Gasteiger partial charge is 0.381 e. The first-order chi connectivity index (χ1) is 9.40. The Balaban J connectivity index is 1.98. The Morgan fingerprint density at radius 1 is 1.20 bits per heavy atom. The van der Waals surface area contributed by atoms with Gasteiger partial charge in [-0.3, -0.25) is 0 Å². The van der Waals surface area contributed by atoms with E-state index in [1.54, 1.807) is 12.1 Å². The van der Waals surface area contributed by atoms with Gasteiger partial charge < -0.3 is 5.32 Å². The summed E-state index contributed by atoms with van der Waals surface area (Å²) in [7, 11) is 0. The molecule has 0 heterocycles. The number of rotatable bonds is 2. The highest BCUT2D eigenvalue weighted by molar-refractivity contribution is 6.33. The monoisotopic (exact) mass is 290 g/mol. The third kappa shape index (κ3) is 3.67. The molecule has 0 unspecified atom stereocenters. The molecule has 1 aliphatic carbocycles. The van der Waals surface area contributed by atoms with Crippen molar-refractivity contribution in [3.8, 4) is 6.07 Å². The standard InChI is InChI=1S/C17H23ClN2/c1-17(2,3)13-5-7-14(8-6-13)20-16-10-12(11-19)4-9-15(16)18/h4,9-10,13-14,20H,5-8H2,1-3H3. The van der Waals surface area contributed by atoms with Gasteiger partial charge in [0.1, 0.15) is 0 Å². The maximum Gasteiger partial charge on any atom is 0.0992 e. The van der Waals surface area contributed by atoms with Crippen LogP contribution in [0.4, 0.5) is 5.69 Å². The number of nitriles is 1. The molecule has 1 aliphatic rings. The molecule has 2 rings (SSSR count). The highest BCUT2D eigenvalue weighted by atomic mass is 35.5. The van der Waals surface area contributed by atoms with E-state index in [-0.39, 0.29) is 0 Å². The zero-order chi connectivity index (χ0) is 14.8. The van der Waals surface area contributed by atoms with Crippen LogP contribution >= 0.6 is 11.6 Å². The van der Waals surface area contributed by atoms with Gasteiger partial charge in [-0.25, -0.2) is 0 Å². The van der Waals surface area contributed by atoms with Gasteiger partial charge in [-0.15, -0.1) is 0 Å². The number of halogens is 1. The van der Waals surface area contributed by atoms with Crippen molar-refractivity contribution in [3.05, 3.63) is 28.8 Å². The van der Waals surface area contributed by atoms with E-state index < -0.39 is 0 Å². The molecular formula is C17H23ClN2. The molecule has 1 fully saturated rings. The Morgan fingerprint density at radius 2 is 1.85 bits per heavy atom. The Hall–Kier alpha value is -1.20. The normalized spacial score (nSPS) is 23.1. The van der Waals surface area contributed by atoms with E-state index >= 15 is 0 Å². The van der Waals surface area contributed by atoms with E-state index in [1.807, 2.05) is 6.07 Å². The van der Waals surface area contributed by atoms with Crippen molar-refractivity contribution in [1.82, 2.24) is 0 Å². The maximum atomic E-state index is 8.96. The molecule has 108 valence electrons. The Labute approximate surface area is 127 Å². The third-order valence-electron chi connectivity index (χ3n) is 4.41. The molecule has 0 amide bonds. The quantitative estimate of drug-likeness (QED) is 0.809. The number of nitrogens with zero attached hydrogens (tertiary/aromatic N) is 1. The van der Waals surface area contributed by atoms with Crippen LogP contribution in [0.25, 0.3) is 0 Å². The average molecular weight is 291 g/mol. The number of benzene rings is 1. The van der Waals surface area contributed by atoms with Crippen molar-refractivity contribution < 1.29 is 0 Å². The van der Waals surface area contributed by atoms with Gasteiger partial charge in [0.25, 0.3) is 0 Å². The molecule has 0 radical (unpaired) electrons. The molecule has 1 saturated carbocycles. The molecule has 0 spiro atoms. The van der Waals surface area contributed by atoms with Crippen LogP contribution in [0.2, 0.25) is 5.02 Å². The van der Waals surface area contributed by atoms with Crippen molar-refractivity contribution in [3.63, 3.8) is 0 Å². The number of hydrogen-bond donors (Lipinski definition) is 1. The van der Waals surface area contributed by atoms with Gasteiger partial charge in [0.15, 0.2) is 0 Å². The molecule has 0 bridgehead atoms. The SMILES string of the molecule is CC(C)(C)C1CCC(Nc2cc(C#N)ccc2Cl)CC1. The number of nitrogens with one attached hydrogen (secondary N) is 1. The second kappa shape index (κ2) is 6.06. The van der Waals surface area contributed by atoms with Crippen LogP contribution in [0.5, 0.6) is 0 Å². The van der Waals surface area contributed by atoms with Gasteiger partial charge in [0, 0.05) is 6.04 Å². The van der Waals surface area contributed by atoms with E-state index in [9.17, 15) is 0 Å². The maximum absolute atomic E-state index is 8.96. The lowest BCUT2D eigenvalue weighted by Crippen LogP contribution is -2.31. The fourth-order valence-electron chi connectivity index (χ4n) is 3.03. The fraction of sp³-hybridized carbons (Fsp3) is 0.588. The average Bonchev–Trinajstić information content (AvgIpc) is 2.41. The molecule has 3 heteroatoms. The number of anilines is 1. The van der Waals surface area contributed by atoms with Gasteiger partial charge in [0.2, 0.25) is 0 Å². The summed E-state index contributed by atoms with van der Waals surface area (Å²) < 4.78 is 0. The van der Waals surface area contributed by atoms with Crippen LogP contribution < -0.4 is 5.32 Å². The van der Waals surface area contributed by atoms with E-state index in [0.717, 1.165) is 11.6 Å². The summed E-state index contributed by atoms with van der Waals surface area (Å²) in [5, 5.41) is 13.2. The summed E-state index contributed by atoms with van der Waals surface area (Å²) in [5.41, 5.74) is 1.95. The zero-order valence-corrected chi connectivity index (χ0v) is 13.3. The Kier molecular flexibility index (Phi) is 4.60. The molecule has 2 nitrogen and oxygen atoms in total. The first kappa shape index (κ1) is 15.2. The van der Waals surface area contributed by atoms with Gasteiger partial charge in [-0.2, -0.15) is 5.26 Å². The molecular weight excluding hydrogens is 268 g/mol. The van der Waals surface area contributed by atoms with Gasteiger partial charge in [-0.1, -0.05) is 32.4 Å². The summed E-state index contributed by atoms with van der Waals surface area (Å²) in [6.07, 6.45) is 4.87. The second-order valence-corrected chi connectivity index (χ2v) is 7.27. The van der Waals surface area contributed by atoms with E-state index in [4.69, 9.17) is 16.9 Å². The molecule has 1 N–H and O–H groups in total. The highest BCUT2D eigenvalue weighted by Crippen LogP contribution is 2.38. The van der Waals surface area contributed by atoms with Gasteiger partial charge in [0.05, 0.1) is 22.3 Å².